The van der Waals surface area contributed by atoms with Crippen molar-refractivity contribution in [2.45, 2.75) is 6.92 Å². The van der Waals surface area contributed by atoms with Gasteiger partial charge in [0.1, 0.15) is 5.15 Å². The topological polar surface area (TPSA) is 25.8 Å². The molecule has 96 valence electrons. The van der Waals surface area contributed by atoms with Gasteiger partial charge in [-0.25, -0.2) is 9.97 Å². The number of rotatable bonds is 1. The molecule has 6 heteroatoms. The molecule has 2 heterocycles. The fourth-order valence-corrected chi connectivity index (χ4v) is 3.87. The molecule has 0 fully saturated rings. The van der Waals surface area contributed by atoms with E-state index in [4.69, 9.17) is 11.6 Å². The van der Waals surface area contributed by atoms with Crippen molar-refractivity contribution in [1.29, 1.82) is 0 Å². The van der Waals surface area contributed by atoms with Crippen LogP contribution in [0.5, 0.6) is 0 Å². The minimum Gasteiger partial charge on any atom is -0.227 e. The lowest BCUT2D eigenvalue weighted by molar-refractivity contribution is 1.22. The van der Waals surface area contributed by atoms with Gasteiger partial charge < -0.3 is 0 Å². The molecule has 0 aliphatic heterocycles. The van der Waals surface area contributed by atoms with Gasteiger partial charge in [0.2, 0.25) is 0 Å². The van der Waals surface area contributed by atoms with E-state index in [-0.39, 0.29) is 0 Å². The molecule has 0 saturated heterocycles. The summed E-state index contributed by atoms with van der Waals surface area (Å²) < 4.78 is 1.98. The van der Waals surface area contributed by atoms with Gasteiger partial charge >= 0.3 is 0 Å². The zero-order valence-electron chi connectivity index (χ0n) is 9.75. The summed E-state index contributed by atoms with van der Waals surface area (Å²) in [6.07, 6.45) is 0. The zero-order chi connectivity index (χ0) is 13.6. The number of benzene rings is 1. The van der Waals surface area contributed by atoms with Gasteiger partial charge in [0.05, 0.1) is 9.30 Å². The third kappa shape index (κ3) is 2.57. The van der Waals surface area contributed by atoms with Crippen LogP contribution in [-0.4, -0.2) is 9.97 Å². The summed E-state index contributed by atoms with van der Waals surface area (Å²) in [6, 6.07) is 6.01. The van der Waals surface area contributed by atoms with Crippen molar-refractivity contribution in [3.8, 4) is 11.4 Å². The number of halogens is 3. The van der Waals surface area contributed by atoms with Crippen molar-refractivity contribution in [2.24, 2.45) is 0 Å². The molecule has 0 atom stereocenters. The van der Waals surface area contributed by atoms with E-state index in [0.717, 1.165) is 30.3 Å². The Balaban J connectivity index is 2.30. The number of thiophene rings is 1. The Morgan fingerprint density at radius 1 is 1.16 bits per heavy atom. The Kier molecular flexibility index (Phi) is 3.64. The number of aromatic nitrogens is 2. The maximum atomic E-state index is 6.28. The molecule has 0 saturated carbocycles. The highest BCUT2D eigenvalue weighted by atomic mass is 79.9. The fourth-order valence-electron chi connectivity index (χ4n) is 1.85. The fraction of sp³-hybridized carbons (Fsp3) is 0.0769. The monoisotopic (exact) mass is 416 g/mol. The van der Waals surface area contributed by atoms with Crippen molar-refractivity contribution < 1.29 is 0 Å². The van der Waals surface area contributed by atoms with Crippen LogP contribution >= 0.6 is 54.8 Å². The van der Waals surface area contributed by atoms with Crippen molar-refractivity contribution in [3.05, 3.63) is 42.6 Å². The molecule has 0 unspecified atom stereocenters. The van der Waals surface area contributed by atoms with E-state index in [9.17, 15) is 0 Å². The van der Waals surface area contributed by atoms with Gasteiger partial charge in [-0.3, -0.25) is 0 Å². The molecule has 1 aromatic carbocycles. The first kappa shape index (κ1) is 13.5. The normalized spacial score (nSPS) is 11.2. The van der Waals surface area contributed by atoms with Gasteiger partial charge in [0.15, 0.2) is 5.82 Å². The lowest BCUT2D eigenvalue weighted by Crippen LogP contribution is -1.92. The second-order valence-electron chi connectivity index (χ2n) is 4.12. The van der Waals surface area contributed by atoms with Crippen LogP contribution in [0.1, 0.15) is 5.56 Å². The van der Waals surface area contributed by atoms with Crippen LogP contribution in [-0.2, 0) is 0 Å². The molecule has 0 amide bonds. The van der Waals surface area contributed by atoms with Crippen LogP contribution in [0, 0.1) is 6.92 Å². The quantitative estimate of drug-likeness (QED) is 0.464. The average molecular weight is 419 g/mol. The molecule has 19 heavy (non-hydrogen) atoms. The summed E-state index contributed by atoms with van der Waals surface area (Å²) in [5, 5.41) is 3.35. The molecular formula is C13H7Br2ClN2S. The second kappa shape index (κ2) is 5.13. The van der Waals surface area contributed by atoms with Crippen LogP contribution in [0.4, 0.5) is 0 Å². The summed E-state index contributed by atoms with van der Waals surface area (Å²) in [5.74, 6) is 0.643. The van der Waals surface area contributed by atoms with Gasteiger partial charge in [-0.1, -0.05) is 11.6 Å². The summed E-state index contributed by atoms with van der Waals surface area (Å²) in [4.78, 5) is 8.99. The molecule has 0 bridgehead atoms. The molecule has 0 aliphatic rings. The van der Waals surface area contributed by atoms with E-state index in [0.29, 0.717) is 11.0 Å². The van der Waals surface area contributed by atoms with Crippen LogP contribution in [0.3, 0.4) is 0 Å². The molecule has 2 nitrogen and oxygen atoms in total. The van der Waals surface area contributed by atoms with Crippen molar-refractivity contribution in [1.82, 2.24) is 9.97 Å². The number of fused-ring (bicyclic) bond motifs is 1. The summed E-state index contributed by atoms with van der Waals surface area (Å²) in [7, 11) is 0. The van der Waals surface area contributed by atoms with E-state index >= 15 is 0 Å². The molecule has 3 aromatic rings. The molecule has 2 aromatic heterocycles. The van der Waals surface area contributed by atoms with E-state index in [1.54, 1.807) is 11.3 Å². The highest BCUT2D eigenvalue weighted by Crippen LogP contribution is 2.33. The number of aryl methyl sites for hydroxylation is 1. The zero-order valence-corrected chi connectivity index (χ0v) is 14.5. The minimum absolute atomic E-state index is 0.478. The minimum atomic E-state index is 0.478. The molecule has 0 spiro atoms. The standard InChI is InChI=1S/C13H7Br2ClN2S/c1-6-2-8-11(9(14)3-6)17-13(18-12(8)16)7-4-10(15)19-5-7/h2-5H,1H3. The Labute approximate surface area is 136 Å². The highest BCUT2D eigenvalue weighted by Gasteiger charge is 2.12. The van der Waals surface area contributed by atoms with Crippen LogP contribution < -0.4 is 0 Å². The van der Waals surface area contributed by atoms with Crippen LogP contribution in [0.25, 0.3) is 22.3 Å². The summed E-state index contributed by atoms with van der Waals surface area (Å²) >= 11 is 14.9. The molecule has 0 radical (unpaired) electrons. The van der Waals surface area contributed by atoms with Crippen LogP contribution in [0.2, 0.25) is 5.15 Å². The molecule has 0 aliphatic carbocycles. The molecular weight excluding hydrogens is 411 g/mol. The Hall–Kier alpha value is -0.490. The predicted molar refractivity (Wildman–Crippen MR) is 88.0 cm³/mol. The van der Waals surface area contributed by atoms with Gasteiger partial charge in [0, 0.05) is 20.8 Å². The summed E-state index contributed by atoms with van der Waals surface area (Å²) in [6.45, 7) is 2.02. The first-order valence-electron chi connectivity index (χ1n) is 5.42. The second-order valence-corrected chi connectivity index (χ2v) is 7.62. The van der Waals surface area contributed by atoms with Crippen molar-refractivity contribution >= 4 is 65.7 Å². The van der Waals surface area contributed by atoms with Crippen molar-refractivity contribution in [2.75, 3.05) is 0 Å². The largest absolute Gasteiger partial charge is 0.227 e. The number of hydrogen-bond donors (Lipinski definition) is 0. The van der Waals surface area contributed by atoms with Gasteiger partial charge in [-0.05, 0) is 62.5 Å². The third-order valence-corrected chi connectivity index (χ3v) is 5.07. The van der Waals surface area contributed by atoms with Gasteiger partial charge in [-0.15, -0.1) is 11.3 Å². The van der Waals surface area contributed by atoms with Gasteiger partial charge in [0.25, 0.3) is 0 Å². The average Bonchev–Trinajstić information content (AvgIpc) is 2.77. The lowest BCUT2D eigenvalue weighted by Gasteiger charge is -2.06. The third-order valence-electron chi connectivity index (χ3n) is 2.68. The maximum Gasteiger partial charge on any atom is 0.162 e. The first-order valence-corrected chi connectivity index (χ1v) is 8.27. The van der Waals surface area contributed by atoms with Crippen molar-refractivity contribution in [3.63, 3.8) is 0 Å². The van der Waals surface area contributed by atoms with Gasteiger partial charge in [-0.2, -0.15) is 0 Å². The number of nitrogens with zero attached hydrogens (tertiary/aromatic N) is 2. The Morgan fingerprint density at radius 3 is 2.63 bits per heavy atom. The maximum absolute atomic E-state index is 6.28. The number of hydrogen-bond acceptors (Lipinski definition) is 3. The lowest BCUT2D eigenvalue weighted by atomic mass is 10.1. The van der Waals surface area contributed by atoms with E-state index in [2.05, 4.69) is 41.8 Å². The predicted octanol–water partition coefficient (Wildman–Crippen LogP) is 5.85. The first-order chi connectivity index (χ1) is 9.04. The highest BCUT2D eigenvalue weighted by molar-refractivity contribution is 9.11. The van der Waals surface area contributed by atoms with E-state index in [1.165, 1.54) is 0 Å². The smallest absolute Gasteiger partial charge is 0.162 e. The SMILES string of the molecule is Cc1cc(Br)c2nc(-c3csc(Br)c3)nc(Cl)c2c1. The Morgan fingerprint density at radius 2 is 1.95 bits per heavy atom. The summed E-state index contributed by atoms with van der Waals surface area (Å²) in [5.41, 5.74) is 2.92. The molecule has 3 rings (SSSR count). The molecule has 0 N–H and O–H groups in total. The van der Waals surface area contributed by atoms with E-state index < -0.39 is 0 Å². The Bertz CT molecular complexity index is 786. The van der Waals surface area contributed by atoms with E-state index in [1.807, 2.05) is 30.5 Å². The van der Waals surface area contributed by atoms with Crippen LogP contribution in [0.15, 0.2) is 31.8 Å².